The van der Waals surface area contributed by atoms with Crippen LogP contribution < -0.4 is 0 Å². The summed E-state index contributed by atoms with van der Waals surface area (Å²) < 4.78 is 5.22. The zero-order valence-corrected chi connectivity index (χ0v) is 11.3. The normalized spacial score (nSPS) is 15.7. The molecule has 0 N–H and O–H groups in total. The molecule has 2 heterocycles. The van der Waals surface area contributed by atoms with Crippen LogP contribution in [0.3, 0.4) is 0 Å². The third-order valence-electron chi connectivity index (χ3n) is 3.20. The van der Waals surface area contributed by atoms with Gasteiger partial charge in [0.2, 0.25) is 5.91 Å². The van der Waals surface area contributed by atoms with E-state index in [9.17, 15) is 9.59 Å². The maximum atomic E-state index is 12.0. The van der Waals surface area contributed by atoms with Gasteiger partial charge in [-0.1, -0.05) is 0 Å². The van der Waals surface area contributed by atoms with Crippen molar-refractivity contribution in [2.45, 2.75) is 19.8 Å². The van der Waals surface area contributed by atoms with Crippen molar-refractivity contribution in [2.75, 3.05) is 26.3 Å². The van der Waals surface area contributed by atoms with Crippen molar-refractivity contribution in [2.24, 2.45) is 0 Å². The van der Waals surface area contributed by atoms with Crippen LogP contribution in [0.2, 0.25) is 0 Å². The lowest BCUT2D eigenvalue weighted by Crippen LogP contribution is -2.40. The third-order valence-corrected chi connectivity index (χ3v) is 4.26. The Bertz CT molecular complexity index is 435. The molecular formula is C13H17NO3S. The van der Waals surface area contributed by atoms with Crippen molar-refractivity contribution < 1.29 is 14.3 Å². The molecule has 4 nitrogen and oxygen atoms in total. The first-order valence-corrected chi connectivity index (χ1v) is 6.98. The SMILES string of the molecule is Cc1csc(C=O)c1CCC(=O)N1CCOCC1. The van der Waals surface area contributed by atoms with Crippen molar-refractivity contribution in [3.63, 3.8) is 0 Å². The van der Waals surface area contributed by atoms with Gasteiger partial charge in [-0.05, 0) is 29.9 Å². The van der Waals surface area contributed by atoms with Crippen molar-refractivity contribution in [3.8, 4) is 0 Å². The number of thiophene rings is 1. The molecule has 2 rings (SSSR count). The summed E-state index contributed by atoms with van der Waals surface area (Å²) in [5.41, 5.74) is 2.13. The van der Waals surface area contributed by atoms with Crippen LogP contribution in [0.1, 0.15) is 27.2 Å². The second-order valence-electron chi connectivity index (χ2n) is 4.37. The summed E-state index contributed by atoms with van der Waals surface area (Å²) in [5, 5.41) is 1.97. The molecule has 0 spiro atoms. The zero-order valence-electron chi connectivity index (χ0n) is 10.5. The van der Waals surface area contributed by atoms with Crippen molar-refractivity contribution in [1.29, 1.82) is 0 Å². The van der Waals surface area contributed by atoms with E-state index in [2.05, 4.69) is 0 Å². The summed E-state index contributed by atoms with van der Waals surface area (Å²) in [6.45, 7) is 4.60. The van der Waals surface area contributed by atoms with E-state index in [4.69, 9.17) is 4.74 Å². The van der Waals surface area contributed by atoms with Crippen molar-refractivity contribution in [1.82, 2.24) is 4.90 Å². The van der Waals surface area contributed by atoms with E-state index < -0.39 is 0 Å². The molecule has 0 aromatic carbocycles. The lowest BCUT2D eigenvalue weighted by Gasteiger charge is -2.26. The highest BCUT2D eigenvalue weighted by atomic mass is 32.1. The minimum atomic E-state index is 0.153. The predicted octanol–water partition coefficient (Wildman–Crippen LogP) is 1.66. The number of ether oxygens (including phenoxy) is 1. The maximum Gasteiger partial charge on any atom is 0.223 e. The van der Waals surface area contributed by atoms with Gasteiger partial charge >= 0.3 is 0 Å². The quantitative estimate of drug-likeness (QED) is 0.779. The number of aldehydes is 1. The summed E-state index contributed by atoms with van der Waals surface area (Å²) >= 11 is 1.45. The van der Waals surface area contributed by atoms with Gasteiger partial charge in [-0.25, -0.2) is 0 Å². The van der Waals surface area contributed by atoms with E-state index in [1.165, 1.54) is 11.3 Å². The largest absolute Gasteiger partial charge is 0.378 e. The summed E-state index contributed by atoms with van der Waals surface area (Å²) in [7, 11) is 0. The maximum absolute atomic E-state index is 12.0. The molecule has 1 aromatic rings. The van der Waals surface area contributed by atoms with Gasteiger partial charge in [-0.3, -0.25) is 9.59 Å². The lowest BCUT2D eigenvalue weighted by atomic mass is 10.1. The van der Waals surface area contributed by atoms with Crippen LogP contribution in [0.25, 0.3) is 0 Å². The second kappa shape index (κ2) is 6.11. The molecule has 1 aromatic heterocycles. The van der Waals surface area contributed by atoms with Gasteiger partial charge in [0.05, 0.1) is 18.1 Å². The molecule has 1 fully saturated rings. The molecule has 1 aliphatic rings. The van der Waals surface area contributed by atoms with E-state index in [-0.39, 0.29) is 5.91 Å². The number of hydrogen-bond donors (Lipinski definition) is 0. The zero-order chi connectivity index (χ0) is 13.0. The second-order valence-corrected chi connectivity index (χ2v) is 5.28. The van der Waals surface area contributed by atoms with E-state index in [0.29, 0.717) is 39.1 Å². The molecule has 0 saturated carbocycles. The van der Waals surface area contributed by atoms with Crippen LogP contribution in [-0.4, -0.2) is 43.4 Å². The Morgan fingerprint density at radius 3 is 2.89 bits per heavy atom. The standard InChI is InChI=1S/C13H17NO3S/c1-10-9-18-12(8-15)11(10)2-3-13(16)14-4-6-17-7-5-14/h8-9H,2-7H2,1H3. The number of rotatable bonds is 4. The summed E-state index contributed by atoms with van der Waals surface area (Å²) in [5.74, 6) is 0.153. The molecule has 0 radical (unpaired) electrons. The van der Waals surface area contributed by atoms with Crippen LogP contribution >= 0.6 is 11.3 Å². The Kier molecular flexibility index (Phi) is 4.49. The number of morpholine rings is 1. The predicted molar refractivity (Wildman–Crippen MR) is 70.2 cm³/mol. The highest BCUT2D eigenvalue weighted by Crippen LogP contribution is 2.22. The van der Waals surface area contributed by atoms with Gasteiger partial charge in [0, 0.05) is 19.5 Å². The average Bonchev–Trinajstić information content (AvgIpc) is 2.77. The topological polar surface area (TPSA) is 46.6 Å². The third kappa shape index (κ3) is 2.97. The highest BCUT2D eigenvalue weighted by molar-refractivity contribution is 7.12. The molecule has 18 heavy (non-hydrogen) atoms. The van der Waals surface area contributed by atoms with Crippen LogP contribution in [0.15, 0.2) is 5.38 Å². The molecular weight excluding hydrogens is 250 g/mol. The fourth-order valence-corrected chi connectivity index (χ4v) is 3.02. The molecule has 0 atom stereocenters. The van der Waals surface area contributed by atoms with Gasteiger partial charge in [0.15, 0.2) is 6.29 Å². The number of carbonyl (C=O) groups excluding carboxylic acids is 2. The summed E-state index contributed by atoms with van der Waals surface area (Å²) in [4.78, 5) is 25.5. The Morgan fingerprint density at radius 2 is 2.22 bits per heavy atom. The first kappa shape index (κ1) is 13.2. The highest BCUT2D eigenvalue weighted by Gasteiger charge is 2.17. The Labute approximate surface area is 111 Å². The number of amides is 1. The Balaban J connectivity index is 1.92. The molecule has 5 heteroatoms. The van der Waals surface area contributed by atoms with Crippen molar-refractivity contribution in [3.05, 3.63) is 21.4 Å². The summed E-state index contributed by atoms with van der Waals surface area (Å²) in [6.07, 6.45) is 2.00. The Morgan fingerprint density at radius 1 is 1.50 bits per heavy atom. The number of carbonyl (C=O) groups is 2. The van der Waals surface area contributed by atoms with Crippen LogP contribution in [-0.2, 0) is 16.0 Å². The first-order chi connectivity index (χ1) is 8.72. The number of hydrogen-bond acceptors (Lipinski definition) is 4. The molecule has 0 aliphatic carbocycles. The van der Waals surface area contributed by atoms with Crippen LogP contribution in [0.5, 0.6) is 0 Å². The van der Waals surface area contributed by atoms with Crippen LogP contribution in [0, 0.1) is 6.92 Å². The van der Waals surface area contributed by atoms with Gasteiger partial charge in [0.25, 0.3) is 0 Å². The fraction of sp³-hybridized carbons (Fsp3) is 0.538. The molecule has 98 valence electrons. The van der Waals surface area contributed by atoms with Crippen LogP contribution in [0.4, 0.5) is 0 Å². The van der Waals surface area contributed by atoms with Gasteiger partial charge in [-0.2, -0.15) is 0 Å². The van der Waals surface area contributed by atoms with Gasteiger partial charge in [-0.15, -0.1) is 11.3 Å². The van der Waals surface area contributed by atoms with E-state index >= 15 is 0 Å². The number of aryl methyl sites for hydroxylation is 1. The minimum absolute atomic E-state index is 0.153. The number of nitrogens with zero attached hydrogens (tertiary/aromatic N) is 1. The molecule has 1 amide bonds. The molecule has 0 bridgehead atoms. The van der Waals surface area contributed by atoms with Gasteiger partial charge in [0.1, 0.15) is 0 Å². The smallest absolute Gasteiger partial charge is 0.223 e. The molecule has 0 unspecified atom stereocenters. The van der Waals surface area contributed by atoms with E-state index in [1.54, 1.807) is 0 Å². The average molecular weight is 267 g/mol. The molecule has 1 aliphatic heterocycles. The van der Waals surface area contributed by atoms with E-state index in [0.717, 1.165) is 22.3 Å². The first-order valence-electron chi connectivity index (χ1n) is 6.10. The van der Waals surface area contributed by atoms with Gasteiger partial charge < -0.3 is 9.64 Å². The molecule has 1 saturated heterocycles. The summed E-state index contributed by atoms with van der Waals surface area (Å²) in [6, 6.07) is 0. The fourth-order valence-electron chi connectivity index (χ4n) is 2.11. The van der Waals surface area contributed by atoms with Crippen molar-refractivity contribution >= 4 is 23.5 Å². The monoisotopic (exact) mass is 267 g/mol. The lowest BCUT2D eigenvalue weighted by molar-refractivity contribution is -0.135. The minimum Gasteiger partial charge on any atom is -0.378 e. The Hall–Kier alpha value is -1.20. The van der Waals surface area contributed by atoms with E-state index in [1.807, 2.05) is 17.2 Å².